The van der Waals surface area contributed by atoms with Crippen LogP contribution in [0.3, 0.4) is 0 Å². The summed E-state index contributed by atoms with van der Waals surface area (Å²) in [7, 11) is 0. The van der Waals surface area contributed by atoms with Crippen LogP contribution in [0.25, 0.3) is 0 Å². The molecule has 0 aliphatic rings. The molecule has 2 atom stereocenters. The largest absolute Gasteiger partial charge is 0.392 e. The molecule has 0 saturated heterocycles. The van der Waals surface area contributed by atoms with Crippen LogP contribution in [0.15, 0.2) is 0 Å². The van der Waals surface area contributed by atoms with Crippen molar-refractivity contribution in [1.82, 2.24) is 0 Å². The van der Waals surface area contributed by atoms with Crippen LogP contribution in [-0.4, -0.2) is 11.2 Å². The van der Waals surface area contributed by atoms with E-state index in [0.717, 1.165) is 0 Å². The first-order valence-electron chi connectivity index (χ1n) is 2.26. The molecule has 0 radical (unpaired) electrons. The molecule has 40 valence electrons. The van der Waals surface area contributed by atoms with Crippen LogP contribution in [0.2, 0.25) is 0 Å². The van der Waals surface area contributed by atoms with Gasteiger partial charge in [0.25, 0.3) is 0 Å². The first kappa shape index (κ1) is 6.45. The van der Waals surface area contributed by atoms with E-state index in [2.05, 4.69) is 0 Å². The molecule has 2 nitrogen and oxygen atoms in total. The standard InChI is InChI=1S/C5H9NO/c1-4(3-6)5(2)7/h4-5,7H,1-2H3/t4-,5+/m1/s1. The topological polar surface area (TPSA) is 44.0 Å². The zero-order chi connectivity index (χ0) is 5.86. The maximum Gasteiger partial charge on any atom is 0.0691 e. The maximum absolute atomic E-state index is 8.60. The molecule has 0 aromatic heterocycles. The summed E-state index contributed by atoms with van der Waals surface area (Å²) in [5.74, 6) is -0.236. The molecule has 1 N–H and O–H groups in total. The van der Waals surface area contributed by atoms with E-state index in [1.165, 1.54) is 0 Å². The Bertz CT molecular complexity index is 82.6. The monoisotopic (exact) mass is 99.1 g/mol. The van der Waals surface area contributed by atoms with E-state index in [0.29, 0.717) is 0 Å². The summed E-state index contributed by atoms with van der Waals surface area (Å²) in [5.41, 5.74) is 0. The average molecular weight is 99.1 g/mol. The van der Waals surface area contributed by atoms with Crippen molar-refractivity contribution < 1.29 is 5.11 Å². The molecule has 0 bridgehead atoms. The highest BCUT2D eigenvalue weighted by molar-refractivity contribution is 4.81. The van der Waals surface area contributed by atoms with Crippen molar-refractivity contribution in [3.05, 3.63) is 0 Å². The molecule has 0 rings (SSSR count). The number of nitriles is 1. The second-order valence-corrected chi connectivity index (χ2v) is 1.66. The Morgan fingerprint density at radius 2 is 2.00 bits per heavy atom. The second kappa shape index (κ2) is 2.59. The Hall–Kier alpha value is -0.550. The van der Waals surface area contributed by atoms with Crippen LogP contribution in [0.1, 0.15) is 13.8 Å². The SMILES string of the molecule is C[C@H](O)[C@H](C)C#N. The summed E-state index contributed by atoms with van der Waals surface area (Å²) in [6.45, 7) is 3.29. The van der Waals surface area contributed by atoms with Crippen molar-refractivity contribution in [3.8, 4) is 6.07 Å². The summed E-state index contributed by atoms with van der Waals surface area (Å²) in [6, 6.07) is 1.91. The van der Waals surface area contributed by atoms with Gasteiger partial charge in [-0.05, 0) is 13.8 Å². The molecule has 7 heavy (non-hydrogen) atoms. The molecule has 0 heterocycles. The zero-order valence-corrected chi connectivity index (χ0v) is 4.55. The van der Waals surface area contributed by atoms with Gasteiger partial charge in [0.05, 0.1) is 18.1 Å². The summed E-state index contributed by atoms with van der Waals surface area (Å²) < 4.78 is 0. The summed E-state index contributed by atoms with van der Waals surface area (Å²) in [4.78, 5) is 0. The Labute approximate surface area is 43.4 Å². The van der Waals surface area contributed by atoms with Gasteiger partial charge in [0.15, 0.2) is 0 Å². The third-order valence-corrected chi connectivity index (χ3v) is 0.927. The molecule has 0 fully saturated rings. The highest BCUT2D eigenvalue weighted by Crippen LogP contribution is 1.96. The molecule has 0 aliphatic carbocycles. The van der Waals surface area contributed by atoms with Crippen LogP contribution in [0.4, 0.5) is 0 Å². The van der Waals surface area contributed by atoms with Gasteiger partial charge in [-0.25, -0.2) is 0 Å². The molecule has 0 unspecified atom stereocenters. The number of rotatable bonds is 1. The molecule has 0 aliphatic heterocycles. The van der Waals surface area contributed by atoms with Gasteiger partial charge in [0.1, 0.15) is 0 Å². The Kier molecular flexibility index (Phi) is 2.39. The third-order valence-electron chi connectivity index (χ3n) is 0.927. The summed E-state index contributed by atoms with van der Waals surface area (Å²) in [6.07, 6.45) is -0.495. The van der Waals surface area contributed by atoms with Crippen LogP contribution >= 0.6 is 0 Å². The fourth-order valence-electron chi connectivity index (χ4n) is 0.108. The smallest absolute Gasteiger partial charge is 0.0691 e. The lowest BCUT2D eigenvalue weighted by molar-refractivity contribution is 0.160. The minimum atomic E-state index is -0.495. The van der Waals surface area contributed by atoms with Crippen molar-refractivity contribution >= 4 is 0 Å². The van der Waals surface area contributed by atoms with Crippen LogP contribution < -0.4 is 0 Å². The van der Waals surface area contributed by atoms with E-state index >= 15 is 0 Å². The lowest BCUT2D eigenvalue weighted by atomic mass is 10.1. The molecule has 2 heteroatoms. The molecule has 0 spiro atoms. The van der Waals surface area contributed by atoms with E-state index < -0.39 is 6.10 Å². The van der Waals surface area contributed by atoms with Gasteiger partial charge in [-0.15, -0.1) is 0 Å². The van der Waals surface area contributed by atoms with Crippen LogP contribution in [0, 0.1) is 17.2 Å². The first-order valence-corrected chi connectivity index (χ1v) is 2.26. The number of hydrogen-bond donors (Lipinski definition) is 1. The molecule has 0 amide bonds. The third kappa shape index (κ3) is 2.18. The van der Waals surface area contributed by atoms with Crippen LogP contribution in [-0.2, 0) is 0 Å². The minimum absolute atomic E-state index is 0.236. The molecular formula is C5H9NO. The Balaban J connectivity index is 3.40. The molecule has 0 aromatic rings. The van der Waals surface area contributed by atoms with E-state index in [-0.39, 0.29) is 5.92 Å². The van der Waals surface area contributed by atoms with Crippen molar-refractivity contribution in [2.45, 2.75) is 20.0 Å². The predicted molar refractivity (Wildman–Crippen MR) is 26.5 cm³/mol. The van der Waals surface area contributed by atoms with Gasteiger partial charge in [0, 0.05) is 0 Å². The van der Waals surface area contributed by atoms with E-state index in [9.17, 15) is 0 Å². The highest BCUT2D eigenvalue weighted by Gasteiger charge is 2.04. The Morgan fingerprint density at radius 3 is 2.00 bits per heavy atom. The quantitative estimate of drug-likeness (QED) is 0.521. The van der Waals surface area contributed by atoms with Gasteiger partial charge in [-0.1, -0.05) is 0 Å². The fourth-order valence-corrected chi connectivity index (χ4v) is 0.108. The van der Waals surface area contributed by atoms with Gasteiger partial charge in [-0.3, -0.25) is 0 Å². The van der Waals surface area contributed by atoms with Crippen molar-refractivity contribution in [1.29, 1.82) is 5.26 Å². The van der Waals surface area contributed by atoms with Crippen LogP contribution in [0.5, 0.6) is 0 Å². The lowest BCUT2D eigenvalue weighted by Crippen LogP contribution is -2.09. The summed E-state index contributed by atoms with van der Waals surface area (Å²) in [5, 5.41) is 16.7. The minimum Gasteiger partial charge on any atom is -0.392 e. The van der Waals surface area contributed by atoms with Gasteiger partial charge in [0.2, 0.25) is 0 Å². The number of aliphatic hydroxyl groups excluding tert-OH is 1. The van der Waals surface area contributed by atoms with E-state index in [1.807, 2.05) is 6.07 Å². The molecule has 0 aromatic carbocycles. The van der Waals surface area contributed by atoms with Gasteiger partial charge >= 0.3 is 0 Å². The Morgan fingerprint density at radius 1 is 1.57 bits per heavy atom. The van der Waals surface area contributed by atoms with E-state index in [4.69, 9.17) is 10.4 Å². The number of nitrogens with zero attached hydrogens (tertiary/aromatic N) is 1. The average Bonchev–Trinajstić information content (AvgIpc) is 1.65. The van der Waals surface area contributed by atoms with E-state index in [1.54, 1.807) is 13.8 Å². The summed E-state index contributed by atoms with van der Waals surface area (Å²) >= 11 is 0. The van der Waals surface area contributed by atoms with Crippen molar-refractivity contribution in [2.24, 2.45) is 5.92 Å². The van der Waals surface area contributed by atoms with Crippen molar-refractivity contribution in [2.75, 3.05) is 0 Å². The molecule has 0 saturated carbocycles. The maximum atomic E-state index is 8.60. The van der Waals surface area contributed by atoms with Crippen molar-refractivity contribution in [3.63, 3.8) is 0 Å². The number of aliphatic hydroxyl groups is 1. The molecular weight excluding hydrogens is 90.1 g/mol. The zero-order valence-electron chi connectivity index (χ0n) is 4.55. The number of hydrogen-bond acceptors (Lipinski definition) is 2. The van der Waals surface area contributed by atoms with Gasteiger partial charge in [-0.2, -0.15) is 5.26 Å². The normalized spacial score (nSPS) is 17.4. The predicted octanol–water partition coefficient (Wildman–Crippen LogP) is 0.527. The first-order chi connectivity index (χ1) is 3.18. The lowest BCUT2D eigenvalue weighted by Gasteiger charge is -2.01. The highest BCUT2D eigenvalue weighted by atomic mass is 16.3. The fraction of sp³-hybridized carbons (Fsp3) is 0.800. The van der Waals surface area contributed by atoms with Gasteiger partial charge < -0.3 is 5.11 Å². The second-order valence-electron chi connectivity index (χ2n) is 1.66.